The summed E-state index contributed by atoms with van der Waals surface area (Å²) in [5.41, 5.74) is 0.152. The number of fused-ring (bicyclic) bond motifs is 5. The molecule has 8 heteroatoms. The van der Waals surface area contributed by atoms with E-state index in [2.05, 4.69) is 36.3 Å². The second-order valence-electron chi connectivity index (χ2n) is 12.9. The first kappa shape index (κ1) is 27.7. The summed E-state index contributed by atoms with van der Waals surface area (Å²) < 4.78 is 0. The molecule has 4 aliphatic rings. The number of nitrogens with one attached hydrogen (secondary N) is 1. The zero-order valence-electron chi connectivity index (χ0n) is 22.5. The molecule has 37 heavy (non-hydrogen) atoms. The fraction of sp³-hybridized carbons (Fsp3) is 0.759. The first-order valence-electron chi connectivity index (χ1n) is 13.5. The highest BCUT2D eigenvalue weighted by Crippen LogP contribution is 2.67. The number of rotatable bonds is 7. The molecular weight excluding hydrogens is 472 g/mol. The van der Waals surface area contributed by atoms with Gasteiger partial charge < -0.3 is 25.5 Å². The van der Waals surface area contributed by atoms with Gasteiger partial charge in [-0.2, -0.15) is 0 Å². The number of nitrogens with zero attached hydrogens (tertiary/aromatic N) is 1. The number of allylic oxidation sites excluding steroid dienone is 2. The molecule has 8 nitrogen and oxygen atoms in total. The summed E-state index contributed by atoms with van der Waals surface area (Å²) in [6.45, 7) is 7.47. The lowest BCUT2D eigenvalue weighted by Gasteiger charge is -2.58. The van der Waals surface area contributed by atoms with E-state index in [1.54, 1.807) is 13.8 Å². The lowest BCUT2D eigenvalue weighted by atomic mass is 9.46. The van der Waals surface area contributed by atoms with Gasteiger partial charge in [-0.3, -0.25) is 4.79 Å². The summed E-state index contributed by atoms with van der Waals surface area (Å²) in [4.78, 5) is 28.5. The van der Waals surface area contributed by atoms with Crippen LogP contribution in [-0.4, -0.2) is 57.8 Å². The van der Waals surface area contributed by atoms with Crippen molar-refractivity contribution >= 4 is 17.6 Å². The molecule has 0 unspecified atom stereocenters. The third-order valence-corrected chi connectivity index (χ3v) is 10.5. The minimum absolute atomic E-state index is 0.00295. The average Bonchev–Trinajstić information content (AvgIpc) is 3.13. The van der Waals surface area contributed by atoms with Gasteiger partial charge in [-0.05, 0) is 80.6 Å². The van der Waals surface area contributed by atoms with Gasteiger partial charge in [0.2, 0.25) is 0 Å². The van der Waals surface area contributed by atoms with Crippen molar-refractivity contribution in [2.75, 3.05) is 13.2 Å². The van der Waals surface area contributed by atoms with Gasteiger partial charge >= 0.3 is 5.97 Å². The van der Waals surface area contributed by atoms with Gasteiger partial charge in [0, 0.05) is 17.4 Å². The summed E-state index contributed by atoms with van der Waals surface area (Å²) in [5, 5.41) is 36.8. The van der Waals surface area contributed by atoms with Crippen LogP contribution in [0.2, 0.25) is 0 Å². The van der Waals surface area contributed by atoms with Crippen LogP contribution < -0.4 is 5.32 Å². The van der Waals surface area contributed by atoms with Crippen molar-refractivity contribution in [3.8, 4) is 12.3 Å². The summed E-state index contributed by atoms with van der Waals surface area (Å²) in [6.07, 6.45) is 14.0. The van der Waals surface area contributed by atoms with Crippen LogP contribution in [0.1, 0.15) is 79.1 Å². The van der Waals surface area contributed by atoms with Crippen LogP contribution in [0.25, 0.3) is 0 Å². The second-order valence-corrected chi connectivity index (χ2v) is 12.9. The largest absolute Gasteiger partial charge is 0.479 e. The Hall–Kier alpha value is -2.37. The number of carboxylic acids is 1. The molecule has 4 aliphatic carbocycles. The molecule has 3 fully saturated rings. The van der Waals surface area contributed by atoms with Crippen molar-refractivity contribution in [2.24, 2.45) is 39.2 Å². The van der Waals surface area contributed by atoms with Gasteiger partial charge in [0.15, 0.2) is 12.7 Å². The molecular formula is C29H42N2O6. The fourth-order valence-corrected chi connectivity index (χ4v) is 7.88. The number of hydrogen-bond acceptors (Lipinski definition) is 6. The maximum Gasteiger partial charge on any atom is 0.333 e. The highest BCUT2D eigenvalue weighted by molar-refractivity contribution is 5.96. The van der Waals surface area contributed by atoms with Crippen LogP contribution in [0.15, 0.2) is 16.8 Å². The minimum Gasteiger partial charge on any atom is -0.479 e. The third-order valence-electron chi connectivity index (χ3n) is 10.5. The molecule has 4 rings (SSSR count). The highest BCUT2D eigenvalue weighted by atomic mass is 16.6. The number of oxime groups is 1. The Morgan fingerprint density at radius 1 is 1.22 bits per heavy atom. The molecule has 0 saturated heterocycles. The summed E-state index contributed by atoms with van der Waals surface area (Å²) >= 11 is 0. The molecule has 0 aromatic carbocycles. The van der Waals surface area contributed by atoms with Gasteiger partial charge in [0.25, 0.3) is 5.91 Å². The van der Waals surface area contributed by atoms with Gasteiger partial charge in [-0.25, -0.2) is 4.79 Å². The predicted octanol–water partition coefficient (Wildman–Crippen LogP) is 3.27. The molecule has 0 heterocycles. The number of carbonyl (C=O) groups is 2. The molecule has 0 aliphatic heterocycles. The van der Waals surface area contributed by atoms with E-state index >= 15 is 0 Å². The quantitative estimate of drug-likeness (QED) is 0.305. The number of terminal acetylenes is 1. The van der Waals surface area contributed by atoms with Crippen LogP contribution >= 0.6 is 0 Å². The molecule has 0 aromatic heterocycles. The maximum atomic E-state index is 12.2. The summed E-state index contributed by atoms with van der Waals surface area (Å²) in [5.74, 6) is 2.61. The molecule has 3 saturated carbocycles. The number of aliphatic hydroxyl groups excluding tert-OH is 1. The Morgan fingerprint density at radius 2 is 1.92 bits per heavy atom. The molecule has 0 aromatic rings. The van der Waals surface area contributed by atoms with E-state index in [9.17, 15) is 19.8 Å². The summed E-state index contributed by atoms with van der Waals surface area (Å²) in [6, 6.07) is 0. The smallest absolute Gasteiger partial charge is 0.333 e. The highest BCUT2D eigenvalue weighted by Gasteiger charge is 2.63. The van der Waals surface area contributed by atoms with Crippen LogP contribution in [-0.2, 0) is 14.4 Å². The van der Waals surface area contributed by atoms with E-state index in [1.165, 1.54) is 5.57 Å². The van der Waals surface area contributed by atoms with E-state index in [1.807, 2.05) is 0 Å². The second kappa shape index (κ2) is 9.74. The van der Waals surface area contributed by atoms with Crippen molar-refractivity contribution in [3.63, 3.8) is 0 Å². The standard InChI is InChI=1S/C29H42N2O6/c1-6-29(36)14-11-22-20-8-7-18-15-19(9-12-27(18,4)21(20)10-13-28(22,29)5)31-37-16-23(32)30-17-26(2,3)24(33)25(34)35/h1,15,20-22,24,33,36H,7-14,16-17H2,2-5H3,(H,30,32)(H,34,35)/t20-,21+,22+,24-,27+,28+,29-/m1/s1. The fourth-order valence-electron chi connectivity index (χ4n) is 7.88. The van der Waals surface area contributed by atoms with E-state index in [0.29, 0.717) is 24.2 Å². The zero-order chi connectivity index (χ0) is 27.2. The zero-order valence-corrected chi connectivity index (χ0v) is 22.5. The average molecular weight is 515 g/mol. The predicted molar refractivity (Wildman–Crippen MR) is 139 cm³/mol. The minimum atomic E-state index is -1.58. The van der Waals surface area contributed by atoms with E-state index in [4.69, 9.17) is 16.4 Å². The van der Waals surface area contributed by atoms with Gasteiger partial charge in [0.05, 0.1) is 5.71 Å². The Balaban J connectivity index is 1.36. The molecule has 0 spiro atoms. The number of aliphatic carboxylic acids is 1. The Bertz CT molecular complexity index is 1040. The third kappa shape index (κ3) is 4.70. The van der Waals surface area contributed by atoms with Crippen molar-refractivity contribution in [1.82, 2.24) is 5.32 Å². The van der Waals surface area contributed by atoms with Crippen LogP contribution in [0.3, 0.4) is 0 Å². The molecule has 1 amide bonds. The topological polar surface area (TPSA) is 128 Å². The Kier molecular flexibility index (Phi) is 7.28. The lowest BCUT2D eigenvalue weighted by Crippen LogP contribution is -2.54. The number of aliphatic hydroxyl groups is 2. The molecule has 0 bridgehead atoms. The lowest BCUT2D eigenvalue weighted by molar-refractivity contribution is -0.153. The molecule has 4 N–H and O–H groups in total. The van der Waals surface area contributed by atoms with Gasteiger partial charge in [-0.15, -0.1) is 6.42 Å². The van der Waals surface area contributed by atoms with Crippen LogP contribution in [0, 0.1) is 46.3 Å². The van der Waals surface area contributed by atoms with Crippen LogP contribution in [0.5, 0.6) is 0 Å². The Labute approximate surface area is 219 Å². The maximum absolute atomic E-state index is 12.2. The molecule has 7 atom stereocenters. The SMILES string of the molecule is C#C[C@@]1(O)CC[C@H]2[C@@H]3CCC4=CC(=NOCC(=O)NCC(C)(C)[C@H](O)C(=O)O)CC[C@]4(C)[C@H]3CC[C@@]21C. The van der Waals surface area contributed by atoms with Gasteiger partial charge in [0.1, 0.15) is 5.60 Å². The number of hydrogen-bond donors (Lipinski definition) is 4. The normalized spacial score (nSPS) is 38.9. The van der Waals surface area contributed by atoms with Crippen molar-refractivity contribution < 1.29 is 29.7 Å². The number of amides is 1. The first-order valence-corrected chi connectivity index (χ1v) is 13.5. The summed E-state index contributed by atoms with van der Waals surface area (Å²) in [7, 11) is 0. The Morgan fingerprint density at radius 3 is 2.59 bits per heavy atom. The van der Waals surface area contributed by atoms with E-state index in [0.717, 1.165) is 50.7 Å². The number of carboxylic acid groups (broad SMARTS) is 1. The van der Waals surface area contributed by atoms with Crippen molar-refractivity contribution in [1.29, 1.82) is 0 Å². The van der Waals surface area contributed by atoms with Crippen molar-refractivity contribution in [2.45, 2.75) is 90.8 Å². The van der Waals surface area contributed by atoms with E-state index < -0.39 is 29.0 Å². The molecule has 0 radical (unpaired) electrons. The van der Waals surface area contributed by atoms with Gasteiger partial charge in [-0.1, -0.05) is 44.3 Å². The van der Waals surface area contributed by atoms with Crippen LogP contribution in [0.4, 0.5) is 0 Å². The monoisotopic (exact) mass is 514 g/mol. The van der Waals surface area contributed by atoms with Crippen molar-refractivity contribution in [3.05, 3.63) is 11.6 Å². The first-order chi connectivity index (χ1) is 17.3. The van der Waals surface area contributed by atoms with E-state index in [-0.39, 0.29) is 24.0 Å². The molecule has 204 valence electrons. The number of carbonyl (C=O) groups excluding carboxylic acids is 1.